The lowest BCUT2D eigenvalue weighted by molar-refractivity contribution is 0.101. The molecule has 0 N–H and O–H groups in total. The summed E-state index contributed by atoms with van der Waals surface area (Å²) >= 11 is 9.70. The number of carbonyl (C=O) groups excluding carboxylic acids is 1. The van der Waals surface area contributed by atoms with Crippen LogP contribution in [-0.2, 0) is 6.42 Å². The highest BCUT2D eigenvalue weighted by Gasteiger charge is 2.42. The van der Waals surface area contributed by atoms with E-state index in [1.54, 1.807) is 0 Å². The number of aromatic nitrogens is 1. The zero-order valence-corrected chi connectivity index (χ0v) is 17.2. The molecule has 5 rings (SSSR count). The second-order valence-electron chi connectivity index (χ2n) is 7.78. The standard InChI is InChI=1S/C22H16BrClN2O/c1-22(2)10-17-20-18(11-22)26(14-6-3-12(23)4-7-14)21(27)19(20)15-9-13(24)5-8-16(15)25-17/h3-9,11H,10H2,1-2H3. The molecule has 1 aromatic heterocycles. The maximum absolute atomic E-state index is 13.6. The molecule has 27 heavy (non-hydrogen) atoms. The van der Waals surface area contributed by atoms with E-state index in [2.05, 4.69) is 35.9 Å². The molecule has 1 aliphatic heterocycles. The largest absolute Gasteiger partial charge is 0.277 e. The van der Waals surface area contributed by atoms with Gasteiger partial charge in [-0.25, -0.2) is 0 Å². The quantitative estimate of drug-likeness (QED) is 0.450. The fourth-order valence-corrected chi connectivity index (χ4v) is 4.52. The van der Waals surface area contributed by atoms with Gasteiger partial charge in [0.05, 0.1) is 22.5 Å². The third kappa shape index (κ3) is 2.54. The molecule has 0 spiro atoms. The maximum Gasteiger partial charge on any atom is 0.264 e. The molecule has 1 amide bonds. The highest BCUT2D eigenvalue weighted by Crippen LogP contribution is 2.47. The van der Waals surface area contributed by atoms with Crippen molar-refractivity contribution in [1.29, 1.82) is 0 Å². The zero-order valence-electron chi connectivity index (χ0n) is 14.9. The minimum atomic E-state index is -0.0784. The Kier molecular flexibility index (Phi) is 3.56. The van der Waals surface area contributed by atoms with Gasteiger partial charge in [-0.05, 0) is 54.3 Å². The van der Waals surface area contributed by atoms with Gasteiger partial charge >= 0.3 is 0 Å². The van der Waals surface area contributed by atoms with E-state index < -0.39 is 0 Å². The first kappa shape index (κ1) is 17.0. The number of benzene rings is 2. The Bertz CT molecular complexity index is 1170. The lowest BCUT2D eigenvalue weighted by Gasteiger charge is -2.30. The van der Waals surface area contributed by atoms with Crippen LogP contribution in [0.1, 0.15) is 35.5 Å². The molecule has 0 radical (unpaired) electrons. The highest BCUT2D eigenvalue weighted by molar-refractivity contribution is 9.10. The van der Waals surface area contributed by atoms with Crippen molar-refractivity contribution in [2.24, 2.45) is 5.41 Å². The lowest BCUT2D eigenvalue weighted by Crippen LogP contribution is -2.26. The average Bonchev–Trinajstić information content (AvgIpc) is 2.89. The van der Waals surface area contributed by atoms with Gasteiger partial charge in [0.2, 0.25) is 0 Å². The van der Waals surface area contributed by atoms with Gasteiger partial charge in [0, 0.05) is 26.1 Å². The van der Waals surface area contributed by atoms with Crippen molar-refractivity contribution in [3.05, 3.63) is 74.9 Å². The first-order chi connectivity index (χ1) is 12.8. The van der Waals surface area contributed by atoms with Crippen LogP contribution in [0, 0.1) is 5.41 Å². The zero-order chi connectivity index (χ0) is 18.9. The molecule has 5 heteroatoms. The fraction of sp³-hybridized carbons (Fsp3) is 0.182. The van der Waals surface area contributed by atoms with E-state index in [0.717, 1.165) is 44.4 Å². The molecule has 0 saturated heterocycles. The summed E-state index contributed by atoms with van der Waals surface area (Å²) in [5.74, 6) is -0.0211. The number of carbonyl (C=O) groups is 1. The summed E-state index contributed by atoms with van der Waals surface area (Å²) in [6, 6.07) is 13.4. The number of hydrogen-bond acceptors (Lipinski definition) is 2. The molecule has 3 nitrogen and oxygen atoms in total. The number of rotatable bonds is 1. The second-order valence-corrected chi connectivity index (χ2v) is 9.13. The van der Waals surface area contributed by atoms with Gasteiger partial charge < -0.3 is 0 Å². The smallest absolute Gasteiger partial charge is 0.264 e. The predicted octanol–water partition coefficient (Wildman–Crippen LogP) is 6.23. The van der Waals surface area contributed by atoms with Crippen LogP contribution in [0.4, 0.5) is 5.69 Å². The third-order valence-corrected chi connectivity index (χ3v) is 5.94. The first-order valence-corrected chi connectivity index (χ1v) is 9.96. The van der Waals surface area contributed by atoms with E-state index in [9.17, 15) is 4.79 Å². The van der Waals surface area contributed by atoms with Crippen LogP contribution in [0.15, 0.2) is 53.0 Å². The molecule has 2 aliphatic rings. The molecule has 0 atom stereocenters. The minimum absolute atomic E-state index is 0.0211. The average molecular weight is 440 g/mol. The van der Waals surface area contributed by atoms with Gasteiger partial charge in [-0.3, -0.25) is 14.7 Å². The molecule has 134 valence electrons. The molecular formula is C22H16BrClN2O. The van der Waals surface area contributed by atoms with Crippen molar-refractivity contribution in [1.82, 2.24) is 4.98 Å². The van der Waals surface area contributed by atoms with Gasteiger partial charge in [0.15, 0.2) is 0 Å². The number of pyridine rings is 1. The van der Waals surface area contributed by atoms with Crippen molar-refractivity contribution in [3.8, 4) is 0 Å². The first-order valence-electron chi connectivity index (χ1n) is 8.79. The number of allylic oxidation sites excluding steroid dienone is 1. The number of hydrogen-bond donors (Lipinski definition) is 0. The Labute approximate surface area is 170 Å². The fourth-order valence-electron chi connectivity index (χ4n) is 4.08. The molecule has 0 unspecified atom stereocenters. The third-order valence-electron chi connectivity index (χ3n) is 5.17. The second kappa shape index (κ2) is 5.66. The van der Waals surface area contributed by atoms with Crippen LogP contribution in [0.2, 0.25) is 5.02 Å². The van der Waals surface area contributed by atoms with Gasteiger partial charge in [-0.1, -0.05) is 47.5 Å². The summed E-state index contributed by atoms with van der Waals surface area (Å²) in [6.07, 6.45) is 3.00. The number of fused-ring (bicyclic) bond motifs is 2. The van der Waals surface area contributed by atoms with Crippen molar-refractivity contribution in [3.63, 3.8) is 0 Å². The van der Waals surface area contributed by atoms with Crippen molar-refractivity contribution < 1.29 is 4.79 Å². The Morgan fingerprint density at radius 3 is 2.59 bits per heavy atom. The minimum Gasteiger partial charge on any atom is -0.277 e. The van der Waals surface area contributed by atoms with Crippen LogP contribution in [-0.4, -0.2) is 10.9 Å². The highest BCUT2D eigenvalue weighted by atomic mass is 79.9. The SMILES string of the molecule is CC1(C)C=C2c3c(nc4ccc(Cl)cc4c3C(=O)N2c2ccc(Br)cc2)C1. The normalized spacial score (nSPS) is 17.3. The van der Waals surface area contributed by atoms with Gasteiger partial charge in [-0.2, -0.15) is 0 Å². The van der Waals surface area contributed by atoms with Crippen molar-refractivity contribution >= 4 is 55.7 Å². The molecule has 0 saturated carbocycles. The summed E-state index contributed by atoms with van der Waals surface area (Å²) in [5.41, 5.74) is 5.17. The van der Waals surface area contributed by atoms with Crippen LogP contribution in [0.5, 0.6) is 0 Å². The topological polar surface area (TPSA) is 33.2 Å². The number of anilines is 1. The van der Waals surface area contributed by atoms with E-state index in [-0.39, 0.29) is 11.3 Å². The molecule has 2 heterocycles. The van der Waals surface area contributed by atoms with Crippen LogP contribution < -0.4 is 4.90 Å². The number of amides is 1. The van der Waals surface area contributed by atoms with E-state index >= 15 is 0 Å². The Morgan fingerprint density at radius 2 is 1.85 bits per heavy atom. The number of nitrogens with zero attached hydrogens (tertiary/aromatic N) is 2. The van der Waals surface area contributed by atoms with E-state index in [1.165, 1.54) is 0 Å². The van der Waals surface area contributed by atoms with E-state index in [0.29, 0.717) is 10.6 Å². The molecule has 0 fully saturated rings. The monoisotopic (exact) mass is 438 g/mol. The Morgan fingerprint density at radius 1 is 1.11 bits per heavy atom. The summed E-state index contributed by atoms with van der Waals surface area (Å²) in [6.45, 7) is 4.36. The van der Waals surface area contributed by atoms with Gasteiger partial charge in [0.1, 0.15) is 0 Å². The van der Waals surface area contributed by atoms with E-state index in [1.807, 2.05) is 47.4 Å². The Balaban J connectivity index is 1.85. The van der Waals surface area contributed by atoms with Crippen LogP contribution in [0.3, 0.4) is 0 Å². The number of halogens is 2. The Hall–Kier alpha value is -2.17. The molecular weight excluding hydrogens is 424 g/mol. The van der Waals surface area contributed by atoms with Crippen molar-refractivity contribution in [2.45, 2.75) is 20.3 Å². The molecule has 0 bridgehead atoms. The summed E-state index contributed by atoms with van der Waals surface area (Å²) in [4.78, 5) is 20.3. The summed E-state index contributed by atoms with van der Waals surface area (Å²) < 4.78 is 0.980. The van der Waals surface area contributed by atoms with E-state index in [4.69, 9.17) is 16.6 Å². The lowest BCUT2D eigenvalue weighted by atomic mass is 9.79. The molecule has 1 aliphatic carbocycles. The summed E-state index contributed by atoms with van der Waals surface area (Å²) in [5, 5.41) is 1.42. The van der Waals surface area contributed by atoms with Gasteiger partial charge in [-0.15, -0.1) is 0 Å². The van der Waals surface area contributed by atoms with Gasteiger partial charge in [0.25, 0.3) is 5.91 Å². The maximum atomic E-state index is 13.6. The van der Waals surface area contributed by atoms with Crippen molar-refractivity contribution in [2.75, 3.05) is 4.90 Å². The predicted molar refractivity (Wildman–Crippen MR) is 113 cm³/mol. The molecule has 2 aromatic carbocycles. The van der Waals surface area contributed by atoms with Crippen LogP contribution in [0.25, 0.3) is 16.6 Å². The molecule has 3 aromatic rings. The summed E-state index contributed by atoms with van der Waals surface area (Å²) in [7, 11) is 0. The van der Waals surface area contributed by atoms with Crippen LogP contribution >= 0.6 is 27.5 Å².